The molecule has 0 bridgehead atoms. The number of halogens is 1. The summed E-state index contributed by atoms with van der Waals surface area (Å²) in [5.41, 5.74) is 2.12. The van der Waals surface area contributed by atoms with Gasteiger partial charge in [0.2, 0.25) is 0 Å². The van der Waals surface area contributed by atoms with Gasteiger partial charge in [0, 0.05) is 19.0 Å². The van der Waals surface area contributed by atoms with Crippen LogP contribution in [0, 0.1) is 0 Å². The Balaban J connectivity index is 2.41. The van der Waals surface area contributed by atoms with Gasteiger partial charge >= 0.3 is 0 Å². The normalized spacial score (nSPS) is 12.8. The molecular weight excluding hydrogens is 262 g/mol. The molecule has 5 heteroatoms. The number of furan rings is 1. The smallest absolute Gasteiger partial charge is 0.108 e. The number of nitrogens with one attached hydrogen (secondary N) is 1. The first kappa shape index (κ1) is 14.2. The van der Waals surface area contributed by atoms with Gasteiger partial charge in [0.1, 0.15) is 5.76 Å². The van der Waals surface area contributed by atoms with Crippen LogP contribution in [0.15, 0.2) is 22.9 Å². The molecule has 1 unspecified atom stereocenters. The Morgan fingerprint density at radius 3 is 2.84 bits per heavy atom. The molecule has 2 heterocycles. The lowest BCUT2D eigenvalue weighted by Gasteiger charge is -2.19. The molecule has 0 fully saturated rings. The first-order chi connectivity index (χ1) is 9.19. The minimum Gasteiger partial charge on any atom is -0.469 e. The SMILES string of the molecule is CCCNC(c1ccoc1CC)c1c(Cl)cnn1C. The molecule has 4 nitrogen and oxygen atoms in total. The van der Waals surface area contributed by atoms with Crippen molar-refractivity contribution in [1.29, 1.82) is 0 Å². The van der Waals surface area contributed by atoms with Crippen LogP contribution in [0.4, 0.5) is 0 Å². The molecule has 0 aliphatic heterocycles. The quantitative estimate of drug-likeness (QED) is 0.883. The van der Waals surface area contributed by atoms with Crippen molar-refractivity contribution in [1.82, 2.24) is 15.1 Å². The van der Waals surface area contributed by atoms with E-state index in [0.29, 0.717) is 5.02 Å². The number of hydrogen-bond donors (Lipinski definition) is 1. The number of hydrogen-bond acceptors (Lipinski definition) is 3. The highest BCUT2D eigenvalue weighted by molar-refractivity contribution is 6.31. The van der Waals surface area contributed by atoms with Crippen LogP contribution < -0.4 is 5.32 Å². The van der Waals surface area contributed by atoms with Gasteiger partial charge in [-0.1, -0.05) is 25.4 Å². The van der Waals surface area contributed by atoms with Gasteiger partial charge in [0.05, 0.1) is 29.2 Å². The Hall–Kier alpha value is -1.26. The maximum Gasteiger partial charge on any atom is 0.108 e. The first-order valence-electron chi connectivity index (χ1n) is 6.66. The van der Waals surface area contributed by atoms with Gasteiger partial charge in [0.25, 0.3) is 0 Å². The third-order valence-corrected chi connectivity index (χ3v) is 3.51. The standard InChI is InChI=1S/C14H20ClN3O/c1-4-7-16-13(10-6-8-19-12(10)5-2)14-11(15)9-17-18(14)3/h6,8-9,13,16H,4-5,7H2,1-3H3. The summed E-state index contributed by atoms with van der Waals surface area (Å²) in [7, 11) is 1.91. The van der Waals surface area contributed by atoms with Crippen molar-refractivity contribution < 1.29 is 4.42 Å². The van der Waals surface area contributed by atoms with Gasteiger partial charge in [0.15, 0.2) is 0 Å². The number of nitrogens with zero attached hydrogens (tertiary/aromatic N) is 2. The molecule has 19 heavy (non-hydrogen) atoms. The topological polar surface area (TPSA) is 43.0 Å². The predicted octanol–water partition coefficient (Wildman–Crippen LogP) is 3.32. The van der Waals surface area contributed by atoms with Crippen LogP contribution in [0.25, 0.3) is 0 Å². The van der Waals surface area contributed by atoms with Gasteiger partial charge < -0.3 is 9.73 Å². The summed E-state index contributed by atoms with van der Waals surface area (Å²) in [6, 6.07) is 2.03. The van der Waals surface area contributed by atoms with Gasteiger partial charge in [-0.2, -0.15) is 5.10 Å². The van der Waals surface area contributed by atoms with Gasteiger partial charge in [-0.25, -0.2) is 0 Å². The van der Waals surface area contributed by atoms with E-state index >= 15 is 0 Å². The van der Waals surface area contributed by atoms with Gasteiger partial charge in [-0.05, 0) is 19.0 Å². The lowest BCUT2D eigenvalue weighted by molar-refractivity contribution is 0.493. The van der Waals surface area contributed by atoms with Crippen molar-refractivity contribution in [3.05, 3.63) is 40.6 Å². The van der Waals surface area contributed by atoms with E-state index in [1.54, 1.807) is 12.5 Å². The average Bonchev–Trinajstić information content (AvgIpc) is 3.00. The van der Waals surface area contributed by atoms with Crippen LogP contribution in [-0.4, -0.2) is 16.3 Å². The maximum atomic E-state index is 6.28. The zero-order valence-corrected chi connectivity index (χ0v) is 12.4. The molecule has 2 aromatic heterocycles. The lowest BCUT2D eigenvalue weighted by Crippen LogP contribution is -2.26. The molecule has 2 aromatic rings. The molecule has 104 valence electrons. The summed E-state index contributed by atoms with van der Waals surface area (Å²) >= 11 is 6.28. The Morgan fingerprint density at radius 1 is 1.47 bits per heavy atom. The van der Waals surface area contributed by atoms with Gasteiger partial charge in [-0.3, -0.25) is 4.68 Å². The number of aromatic nitrogens is 2. The van der Waals surface area contributed by atoms with Crippen LogP contribution in [0.1, 0.15) is 43.3 Å². The van der Waals surface area contributed by atoms with E-state index in [1.165, 1.54) is 0 Å². The van der Waals surface area contributed by atoms with Crippen LogP contribution in [0.2, 0.25) is 5.02 Å². The van der Waals surface area contributed by atoms with E-state index < -0.39 is 0 Å². The molecule has 0 saturated heterocycles. The lowest BCUT2D eigenvalue weighted by atomic mass is 10.0. The highest BCUT2D eigenvalue weighted by Crippen LogP contribution is 2.30. The molecule has 0 spiro atoms. The van der Waals surface area contributed by atoms with Crippen molar-refractivity contribution in [2.75, 3.05) is 6.54 Å². The molecule has 0 aromatic carbocycles. The average molecular weight is 282 g/mol. The fourth-order valence-corrected chi connectivity index (χ4v) is 2.56. The molecule has 0 saturated carbocycles. The summed E-state index contributed by atoms with van der Waals surface area (Å²) in [4.78, 5) is 0. The molecule has 1 N–H and O–H groups in total. The van der Waals surface area contributed by atoms with E-state index in [4.69, 9.17) is 16.0 Å². The molecule has 0 aliphatic rings. The first-order valence-corrected chi connectivity index (χ1v) is 7.03. The summed E-state index contributed by atoms with van der Waals surface area (Å²) in [5, 5.41) is 8.43. The van der Waals surface area contributed by atoms with E-state index in [9.17, 15) is 0 Å². The second-order valence-electron chi connectivity index (χ2n) is 4.54. The minimum absolute atomic E-state index is 0.0219. The number of rotatable bonds is 6. The minimum atomic E-state index is 0.0219. The molecule has 1 atom stereocenters. The fraction of sp³-hybridized carbons (Fsp3) is 0.500. The monoisotopic (exact) mass is 281 g/mol. The Bertz CT molecular complexity index is 513. The molecule has 0 aliphatic carbocycles. The van der Waals surface area contributed by atoms with Crippen molar-refractivity contribution >= 4 is 11.6 Å². The second kappa shape index (κ2) is 6.26. The van der Waals surface area contributed by atoms with Crippen molar-refractivity contribution in [2.45, 2.75) is 32.7 Å². The number of aryl methyl sites for hydroxylation is 2. The molecular formula is C14H20ClN3O. The second-order valence-corrected chi connectivity index (χ2v) is 4.95. The zero-order valence-electron chi connectivity index (χ0n) is 11.6. The summed E-state index contributed by atoms with van der Waals surface area (Å²) < 4.78 is 7.36. The molecule has 0 amide bonds. The third kappa shape index (κ3) is 2.85. The maximum absolute atomic E-state index is 6.28. The third-order valence-electron chi connectivity index (χ3n) is 3.22. The zero-order chi connectivity index (χ0) is 13.8. The van der Waals surface area contributed by atoms with Crippen molar-refractivity contribution in [3.63, 3.8) is 0 Å². The van der Waals surface area contributed by atoms with Gasteiger partial charge in [-0.15, -0.1) is 0 Å². The Morgan fingerprint density at radius 2 is 2.26 bits per heavy atom. The fourth-order valence-electron chi connectivity index (χ4n) is 2.28. The molecule has 2 rings (SSSR count). The van der Waals surface area contributed by atoms with E-state index in [1.807, 2.05) is 17.8 Å². The van der Waals surface area contributed by atoms with Crippen molar-refractivity contribution in [2.24, 2.45) is 7.05 Å². The largest absolute Gasteiger partial charge is 0.469 e. The highest BCUT2D eigenvalue weighted by Gasteiger charge is 2.23. The predicted molar refractivity (Wildman–Crippen MR) is 76.4 cm³/mol. The Labute approximate surface area is 118 Å². The van der Waals surface area contributed by atoms with E-state index in [0.717, 1.165) is 36.4 Å². The van der Waals surface area contributed by atoms with Crippen LogP contribution in [0.5, 0.6) is 0 Å². The summed E-state index contributed by atoms with van der Waals surface area (Å²) in [6.45, 7) is 5.15. The summed E-state index contributed by atoms with van der Waals surface area (Å²) in [5.74, 6) is 0.992. The highest BCUT2D eigenvalue weighted by atomic mass is 35.5. The van der Waals surface area contributed by atoms with E-state index in [-0.39, 0.29) is 6.04 Å². The van der Waals surface area contributed by atoms with Crippen LogP contribution in [0.3, 0.4) is 0 Å². The Kier molecular flexibility index (Phi) is 4.66. The van der Waals surface area contributed by atoms with Crippen LogP contribution >= 0.6 is 11.6 Å². The molecule has 0 radical (unpaired) electrons. The van der Waals surface area contributed by atoms with Crippen molar-refractivity contribution in [3.8, 4) is 0 Å². The van der Waals surface area contributed by atoms with Crippen LogP contribution in [-0.2, 0) is 13.5 Å². The van der Waals surface area contributed by atoms with E-state index in [2.05, 4.69) is 24.3 Å². The summed E-state index contributed by atoms with van der Waals surface area (Å²) in [6.07, 6.45) is 5.34.